The molecule has 0 saturated heterocycles. The monoisotopic (exact) mass is 232 g/mol. The number of benzene rings is 1. The highest BCUT2D eigenvalue weighted by Gasteiger charge is 2.11. The van der Waals surface area contributed by atoms with Gasteiger partial charge in [0.05, 0.1) is 0 Å². The Balaban J connectivity index is 2.59. The Hall–Kier alpha value is -1.61. The van der Waals surface area contributed by atoms with Crippen molar-refractivity contribution in [2.75, 3.05) is 20.1 Å². The molecule has 3 nitrogen and oxygen atoms in total. The van der Waals surface area contributed by atoms with Crippen LogP contribution in [0.5, 0.6) is 0 Å². The molecular formula is C14H20N2O. The smallest absolute Gasteiger partial charge is 0.224 e. The maximum Gasteiger partial charge on any atom is 0.224 e. The molecule has 0 aliphatic heterocycles. The Morgan fingerprint density at radius 1 is 1.41 bits per heavy atom. The first-order chi connectivity index (χ1) is 8.27. The third-order valence-corrected chi connectivity index (χ3v) is 2.51. The molecule has 0 fully saturated rings. The van der Waals surface area contributed by atoms with Gasteiger partial charge in [-0.25, -0.2) is 0 Å². The summed E-state index contributed by atoms with van der Waals surface area (Å²) in [6.07, 6.45) is 2.29. The molecule has 0 heterocycles. The topological polar surface area (TPSA) is 32.3 Å². The van der Waals surface area contributed by atoms with E-state index in [2.05, 4.69) is 11.9 Å². The first-order valence-corrected chi connectivity index (χ1v) is 5.85. The molecule has 1 aromatic rings. The van der Waals surface area contributed by atoms with E-state index >= 15 is 0 Å². The lowest BCUT2D eigenvalue weighted by molar-refractivity contribution is -0.131. The third-order valence-electron chi connectivity index (χ3n) is 2.51. The van der Waals surface area contributed by atoms with Gasteiger partial charge in [-0.3, -0.25) is 4.79 Å². The van der Waals surface area contributed by atoms with Gasteiger partial charge in [-0.15, -0.1) is 6.58 Å². The first-order valence-electron chi connectivity index (χ1n) is 5.85. The molecule has 0 spiro atoms. The maximum absolute atomic E-state index is 11.9. The molecule has 92 valence electrons. The van der Waals surface area contributed by atoms with Crippen LogP contribution in [-0.2, 0) is 11.3 Å². The lowest BCUT2D eigenvalue weighted by Gasteiger charge is -2.21. The van der Waals surface area contributed by atoms with Crippen LogP contribution in [0.2, 0.25) is 0 Å². The molecule has 0 bridgehead atoms. The van der Waals surface area contributed by atoms with Crippen LogP contribution in [0.25, 0.3) is 0 Å². The minimum Gasteiger partial charge on any atom is -0.335 e. The minimum absolute atomic E-state index is 0.156. The van der Waals surface area contributed by atoms with Crippen LogP contribution in [0.15, 0.2) is 43.0 Å². The van der Waals surface area contributed by atoms with Crippen LogP contribution in [0.1, 0.15) is 12.0 Å². The molecule has 1 amide bonds. The summed E-state index contributed by atoms with van der Waals surface area (Å²) < 4.78 is 0. The largest absolute Gasteiger partial charge is 0.335 e. The quantitative estimate of drug-likeness (QED) is 0.727. The van der Waals surface area contributed by atoms with Crippen molar-refractivity contribution in [3.63, 3.8) is 0 Å². The van der Waals surface area contributed by atoms with Crippen molar-refractivity contribution in [2.45, 2.75) is 13.0 Å². The van der Waals surface area contributed by atoms with E-state index in [1.165, 1.54) is 0 Å². The van der Waals surface area contributed by atoms with E-state index in [1.807, 2.05) is 42.3 Å². The number of rotatable bonds is 7. The summed E-state index contributed by atoms with van der Waals surface area (Å²) >= 11 is 0. The summed E-state index contributed by atoms with van der Waals surface area (Å²) in [5, 5.41) is 2.99. The highest BCUT2D eigenvalue weighted by molar-refractivity contribution is 5.76. The molecule has 0 aliphatic carbocycles. The van der Waals surface area contributed by atoms with Crippen LogP contribution >= 0.6 is 0 Å². The Morgan fingerprint density at radius 3 is 2.71 bits per heavy atom. The van der Waals surface area contributed by atoms with E-state index in [1.54, 1.807) is 6.08 Å². The molecule has 1 aromatic carbocycles. The van der Waals surface area contributed by atoms with Crippen LogP contribution in [0, 0.1) is 0 Å². The van der Waals surface area contributed by atoms with Crippen LogP contribution in [0.3, 0.4) is 0 Å². The van der Waals surface area contributed by atoms with Crippen molar-refractivity contribution in [3.05, 3.63) is 48.6 Å². The summed E-state index contributed by atoms with van der Waals surface area (Å²) in [6, 6.07) is 10.0. The van der Waals surface area contributed by atoms with Crippen molar-refractivity contribution >= 4 is 5.91 Å². The predicted octanol–water partition coefficient (Wildman–Crippen LogP) is 1.81. The van der Waals surface area contributed by atoms with Gasteiger partial charge in [0.1, 0.15) is 0 Å². The number of hydrogen-bond acceptors (Lipinski definition) is 2. The SMILES string of the molecule is C=CCN(Cc1ccccc1)C(=O)CCNC. The first kappa shape index (κ1) is 13.5. The highest BCUT2D eigenvalue weighted by atomic mass is 16.2. The number of nitrogens with one attached hydrogen (secondary N) is 1. The van der Waals surface area contributed by atoms with Gasteiger partial charge in [-0.05, 0) is 12.6 Å². The van der Waals surface area contributed by atoms with Gasteiger partial charge in [0.15, 0.2) is 0 Å². The van der Waals surface area contributed by atoms with Gasteiger partial charge in [0.2, 0.25) is 5.91 Å². The maximum atomic E-state index is 11.9. The van der Waals surface area contributed by atoms with Crippen molar-refractivity contribution in [1.29, 1.82) is 0 Å². The second-order valence-electron chi connectivity index (χ2n) is 3.90. The van der Waals surface area contributed by atoms with Gasteiger partial charge in [-0.1, -0.05) is 36.4 Å². The Bertz CT molecular complexity index is 348. The molecule has 0 atom stereocenters. The summed E-state index contributed by atoms with van der Waals surface area (Å²) in [4.78, 5) is 13.8. The van der Waals surface area contributed by atoms with E-state index in [4.69, 9.17) is 0 Å². The number of carbonyl (C=O) groups is 1. The molecule has 1 N–H and O–H groups in total. The Kier molecular flexibility index (Phi) is 6.04. The van der Waals surface area contributed by atoms with Gasteiger partial charge in [0, 0.05) is 26.1 Å². The Labute approximate surface area is 103 Å². The number of carbonyl (C=O) groups excluding carboxylic acids is 1. The normalized spacial score (nSPS) is 9.94. The molecule has 17 heavy (non-hydrogen) atoms. The third kappa shape index (κ3) is 4.83. The molecule has 0 radical (unpaired) electrons. The van der Waals surface area contributed by atoms with Crippen molar-refractivity contribution in [3.8, 4) is 0 Å². The van der Waals surface area contributed by atoms with Crippen molar-refractivity contribution < 1.29 is 4.79 Å². The van der Waals surface area contributed by atoms with Crippen LogP contribution in [0.4, 0.5) is 0 Å². The molecular weight excluding hydrogens is 212 g/mol. The average molecular weight is 232 g/mol. The Morgan fingerprint density at radius 2 is 2.12 bits per heavy atom. The van der Waals surface area contributed by atoms with Crippen molar-refractivity contribution in [1.82, 2.24) is 10.2 Å². The average Bonchev–Trinajstić information content (AvgIpc) is 2.36. The number of nitrogens with zero attached hydrogens (tertiary/aromatic N) is 1. The second-order valence-corrected chi connectivity index (χ2v) is 3.90. The molecule has 1 rings (SSSR count). The number of hydrogen-bond donors (Lipinski definition) is 1. The van der Waals surface area contributed by atoms with Crippen LogP contribution in [-0.4, -0.2) is 30.9 Å². The fourth-order valence-corrected chi connectivity index (χ4v) is 1.60. The van der Waals surface area contributed by atoms with Crippen molar-refractivity contribution in [2.24, 2.45) is 0 Å². The molecule has 0 aromatic heterocycles. The van der Waals surface area contributed by atoms with E-state index < -0.39 is 0 Å². The fraction of sp³-hybridized carbons (Fsp3) is 0.357. The molecule has 3 heteroatoms. The van der Waals surface area contributed by atoms with Gasteiger partial charge < -0.3 is 10.2 Å². The van der Waals surface area contributed by atoms with E-state index in [0.717, 1.165) is 5.56 Å². The lowest BCUT2D eigenvalue weighted by atomic mass is 10.2. The summed E-state index contributed by atoms with van der Waals surface area (Å²) in [7, 11) is 1.85. The predicted molar refractivity (Wildman–Crippen MR) is 70.6 cm³/mol. The zero-order valence-electron chi connectivity index (χ0n) is 10.4. The van der Waals surface area contributed by atoms with Gasteiger partial charge in [0.25, 0.3) is 0 Å². The van der Waals surface area contributed by atoms with E-state index in [9.17, 15) is 4.79 Å². The lowest BCUT2D eigenvalue weighted by Crippen LogP contribution is -2.32. The summed E-state index contributed by atoms with van der Waals surface area (Å²) in [6.45, 7) is 5.65. The summed E-state index contributed by atoms with van der Waals surface area (Å²) in [5.74, 6) is 0.156. The van der Waals surface area contributed by atoms with E-state index in [0.29, 0.717) is 26.1 Å². The molecule has 0 unspecified atom stereocenters. The van der Waals surface area contributed by atoms with Gasteiger partial charge in [-0.2, -0.15) is 0 Å². The number of amides is 1. The highest BCUT2D eigenvalue weighted by Crippen LogP contribution is 2.05. The zero-order chi connectivity index (χ0) is 12.5. The molecule has 0 saturated carbocycles. The minimum atomic E-state index is 0.156. The second kappa shape index (κ2) is 7.63. The zero-order valence-corrected chi connectivity index (χ0v) is 10.4. The summed E-state index contributed by atoms with van der Waals surface area (Å²) in [5.41, 5.74) is 1.15. The van der Waals surface area contributed by atoms with Crippen LogP contribution < -0.4 is 5.32 Å². The standard InChI is InChI=1S/C14H20N2O/c1-3-11-16(14(17)9-10-15-2)12-13-7-5-4-6-8-13/h3-8,15H,1,9-12H2,2H3. The molecule has 0 aliphatic rings. The van der Waals surface area contributed by atoms with E-state index in [-0.39, 0.29) is 5.91 Å². The van der Waals surface area contributed by atoms with Gasteiger partial charge >= 0.3 is 0 Å². The fourth-order valence-electron chi connectivity index (χ4n) is 1.60.